The largest absolute Gasteiger partial charge is 3.00 e. The van der Waals surface area contributed by atoms with Crippen molar-refractivity contribution in [2.75, 3.05) is 14.2 Å². The zero-order chi connectivity index (χ0) is 43.0. The Kier molecular flexibility index (Phi) is 31.5. The number of aliphatic hydroxyl groups excluding tert-OH is 2. The molecule has 0 saturated carbocycles. The van der Waals surface area contributed by atoms with Gasteiger partial charge < -0.3 is 46.0 Å². The van der Waals surface area contributed by atoms with Crippen molar-refractivity contribution in [3.63, 3.8) is 0 Å². The summed E-state index contributed by atoms with van der Waals surface area (Å²) in [7, 11) is 2.00. The summed E-state index contributed by atoms with van der Waals surface area (Å²) in [5.41, 5.74) is 3.66. The van der Waals surface area contributed by atoms with Gasteiger partial charge in [-0.05, 0) is 144 Å². The minimum absolute atomic E-state index is 0. The number of aliphatic hydroxyl groups is 2. The van der Waals surface area contributed by atoms with Crippen LogP contribution in [0.1, 0.15) is 0 Å². The minimum Gasteiger partial charge on any atom is -0.872 e. The van der Waals surface area contributed by atoms with Gasteiger partial charge in [-0.1, -0.05) is 56.1 Å². The molecule has 6 aromatic rings. The molecule has 0 aliphatic carbocycles. The summed E-state index contributed by atoms with van der Waals surface area (Å²) in [6.07, 6.45) is 7.07. The zero-order valence-corrected chi connectivity index (χ0v) is 42.4. The molecule has 2 aromatic carbocycles. The number of rotatable bonds is 2. The molecular weight excluding hydrogens is 1320 g/mol. The molecule has 23 heteroatoms. The Morgan fingerprint density at radius 3 is 0.807 bits per heavy atom. The molecule has 0 fully saturated rings. The maximum atomic E-state index is 11.1. The van der Waals surface area contributed by atoms with Crippen LogP contribution in [-0.4, -0.2) is 59.7 Å². The first kappa shape index (κ1) is 56.8. The van der Waals surface area contributed by atoms with Crippen molar-refractivity contribution in [2.45, 2.75) is 0 Å². The Morgan fingerprint density at radius 1 is 0.439 bits per heavy atom. The van der Waals surface area contributed by atoms with Crippen LogP contribution < -0.4 is 10.2 Å². The number of phenolic OH excluding ortho intramolecular Hbond substituents is 2. The number of aromatic hydroxyl groups is 2. The van der Waals surface area contributed by atoms with E-state index in [-0.39, 0.29) is 37.2 Å². The summed E-state index contributed by atoms with van der Waals surface area (Å²) in [5.74, 6) is -1.51. The average molecular weight is 1350 g/mol. The van der Waals surface area contributed by atoms with E-state index in [1.165, 1.54) is 0 Å². The fraction of sp³-hybridized carbons (Fsp3) is 0.0588. The predicted molar refractivity (Wildman–Crippen MR) is 238 cm³/mol. The Bertz CT molecular complexity index is 1640. The van der Waals surface area contributed by atoms with Crippen LogP contribution >= 0.6 is 127 Å². The SMILES string of the molecule is CO.CO.O=[N+]([O-])[O-].Oc1c(O)c(Br)c(Br)c(Br)c1Br.[Co+3].[O-]c1c([O-])c(Br)c(Br)c(Br)c1Br.c1ccc(-c2ccccn2)nc1.c1ccc(-c2ccccn2)nc1. The average Bonchev–Trinajstić information content (AvgIpc) is 3.25. The van der Waals surface area contributed by atoms with Gasteiger partial charge in [-0.15, -0.1) is 11.5 Å². The van der Waals surface area contributed by atoms with Gasteiger partial charge in [0.05, 0.1) is 45.8 Å². The van der Waals surface area contributed by atoms with E-state index in [2.05, 4.69) is 147 Å². The quantitative estimate of drug-likeness (QED) is 0.0415. The molecule has 0 amide bonds. The predicted octanol–water partition coefficient (Wildman–Crippen LogP) is 10.3. The molecule has 306 valence electrons. The fourth-order valence-corrected chi connectivity index (χ4v) is 7.38. The Balaban J connectivity index is 0. The van der Waals surface area contributed by atoms with Crippen LogP contribution in [0.25, 0.3) is 22.8 Å². The van der Waals surface area contributed by atoms with Crippen molar-refractivity contribution < 1.29 is 52.5 Å². The van der Waals surface area contributed by atoms with E-state index >= 15 is 0 Å². The molecule has 0 saturated heterocycles. The number of hydrogen-bond donors (Lipinski definition) is 4. The van der Waals surface area contributed by atoms with E-state index in [0.29, 0.717) is 26.8 Å². The van der Waals surface area contributed by atoms with Crippen molar-refractivity contribution in [2.24, 2.45) is 0 Å². The number of benzene rings is 2. The molecule has 0 atom stereocenters. The minimum atomic E-state index is -1.75. The van der Waals surface area contributed by atoms with Gasteiger partial charge in [-0.3, -0.25) is 19.9 Å². The van der Waals surface area contributed by atoms with Crippen LogP contribution in [0.4, 0.5) is 0 Å². The fourth-order valence-electron chi connectivity index (χ4n) is 3.26. The van der Waals surface area contributed by atoms with Crippen LogP contribution in [-0.2, 0) is 16.8 Å². The van der Waals surface area contributed by atoms with E-state index in [0.717, 1.165) is 37.0 Å². The summed E-state index contributed by atoms with van der Waals surface area (Å²) in [5, 5.41) is 69.6. The first-order valence-corrected chi connectivity index (χ1v) is 20.7. The number of hydrogen-bond acceptors (Lipinski definition) is 13. The van der Waals surface area contributed by atoms with Crippen LogP contribution in [0, 0.1) is 15.3 Å². The summed E-state index contributed by atoms with van der Waals surface area (Å²) >= 11 is 25.0. The molecule has 4 N–H and O–H groups in total. The second kappa shape index (κ2) is 31.6. The van der Waals surface area contributed by atoms with Crippen molar-refractivity contribution in [3.8, 4) is 45.8 Å². The molecule has 0 unspecified atom stereocenters. The Hall–Kier alpha value is -2.29. The van der Waals surface area contributed by atoms with Crippen LogP contribution in [0.2, 0.25) is 0 Å². The van der Waals surface area contributed by atoms with E-state index < -0.39 is 16.6 Å². The number of pyridine rings is 4. The number of aromatic nitrogens is 4. The molecule has 0 aliphatic heterocycles. The molecule has 0 bridgehead atoms. The van der Waals surface area contributed by atoms with Gasteiger partial charge in [0.1, 0.15) is 0 Å². The molecule has 4 aromatic heterocycles. The van der Waals surface area contributed by atoms with Gasteiger partial charge in [-0.25, -0.2) is 0 Å². The molecule has 0 spiro atoms. The first-order chi connectivity index (χ1) is 26.6. The third kappa shape index (κ3) is 19.5. The Labute approximate surface area is 404 Å². The molecule has 14 nitrogen and oxygen atoms in total. The van der Waals surface area contributed by atoms with Gasteiger partial charge in [0.15, 0.2) is 11.5 Å². The van der Waals surface area contributed by atoms with Crippen LogP contribution in [0.5, 0.6) is 23.0 Å². The van der Waals surface area contributed by atoms with Gasteiger partial charge in [0, 0.05) is 56.9 Å². The molecule has 4 heterocycles. The van der Waals surface area contributed by atoms with Crippen LogP contribution in [0.15, 0.2) is 133 Å². The summed E-state index contributed by atoms with van der Waals surface area (Å²) in [4.78, 5) is 25.0. The molecular formula is C34H26Br8CoN5O9. The zero-order valence-electron chi connectivity index (χ0n) is 28.7. The van der Waals surface area contributed by atoms with Gasteiger partial charge in [0.25, 0.3) is 0 Å². The number of phenols is 2. The Morgan fingerprint density at radius 2 is 0.632 bits per heavy atom. The third-order valence-corrected chi connectivity index (χ3v) is 15.0. The number of halogens is 8. The second-order valence-electron chi connectivity index (χ2n) is 8.95. The second-order valence-corrected chi connectivity index (χ2v) is 15.3. The molecule has 0 radical (unpaired) electrons. The van der Waals surface area contributed by atoms with E-state index in [1.807, 2.05) is 72.8 Å². The van der Waals surface area contributed by atoms with Gasteiger partial charge in [-0.2, -0.15) is 0 Å². The smallest absolute Gasteiger partial charge is 0.872 e. The summed E-state index contributed by atoms with van der Waals surface area (Å²) in [6, 6.07) is 23.2. The molecule has 0 aliphatic rings. The van der Waals surface area contributed by atoms with Crippen molar-refractivity contribution in [1.29, 1.82) is 0 Å². The standard InChI is InChI=1S/2C10H8N2.2C6H2Br4O2.2CH4O.Co.NO3/c2*1-3-7-11-9(5-1)10-6-2-4-8-12-10;2*7-1-2(8)4(10)6(12)5(11)3(1)9;2*1-2;;2-1(3)4/h2*1-8H;2*11-12H;2*2H,1H3;;/q;;;;;;+3;-1/p-2. The maximum absolute atomic E-state index is 11.1. The first-order valence-electron chi connectivity index (χ1n) is 14.4. The number of nitrogens with zero attached hydrogens (tertiary/aromatic N) is 5. The van der Waals surface area contributed by atoms with Crippen molar-refractivity contribution >= 4 is 127 Å². The topological polar surface area (TPSA) is 245 Å². The van der Waals surface area contributed by atoms with Crippen molar-refractivity contribution in [1.82, 2.24) is 19.9 Å². The van der Waals surface area contributed by atoms with E-state index in [4.69, 9.17) is 25.5 Å². The summed E-state index contributed by atoms with van der Waals surface area (Å²) in [6.45, 7) is 0. The van der Waals surface area contributed by atoms with Gasteiger partial charge >= 0.3 is 16.8 Å². The van der Waals surface area contributed by atoms with Crippen LogP contribution in [0.3, 0.4) is 0 Å². The molecule has 6 rings (SSSR count). The third-order valence-electron chi connectivity index (χ3n) is 5.59. The van der Waals surface area contributed by atoms with Gasteiger partial charge in [0.2, 0.25) is 0 Å². The summed E-state index contributed by atoms with van der Waals surface area (Å²) < 4.78 is 3.67. The maximum Gasteiger partial charge on any atom is 3.00 e. The normalized spacial score (nSPS) is 9.05. The molecule has 57 heavy (non-hydrogen) atoms. The van der Waals surface area contributed by atoms with Crippen molar-refractivity contribution in [3.05, 3.63) is 149 Å². The van der Waals surface area contributed by atoms with E-state index in [1.54, 1.807) is 24.8 Å². The van der Waals surface area contributed by atoms with E-state index in [9.17, 15) is 20.4 Å². The monoisotopic (exact) mass is 1340 g/mol.